The summed E-state index contributed by atoms with van der Waals surface area (Å²) in [5.74, 6) is -0.187. The second kappa shape index (κ2) is 5.71. The van der Waals surface area contributed by atoms with Gasteiger partial charge in [0.15, 0.2) is 0 Å². The second-order valence-electron chi connectivity index (χ2n) is 4.50. The molecule has 1 aliphatic heterocycles. The van der Waals surface area contributed by atoms with Crippen LogP contribution in [0.4, 0.5) is 15.8 Å². The monoisotopic (exact) mass is 251 g/mol. The maximum Gasteiger partial charge on any atom is 0.224 e. The van der Waals surface area contributed by atoms with Crippen molar-refractivity contribution in [3.8, 4) is 0 Å². The summed E-state index contributed by atoms with van der Waals surface area (Å²) < 4.78 is 13.0. The van der Waals surface area contributed by atoms with Gasteiger partial charge in [0, 0.05) is 26.1 Å². The lowest BCUT2D eigenvalue weighted by atomic mass is 10.2. The van der Waals surface area contributed by atoms with Crippen LogP contribution in [0.25, 0.3) is 0 Å². The van der Waals surface area contributed by atoms with Gasteiger partial charge in [-0.2, -0.15) is 0 Å². The number of hydrogen-bond donors (Lipinski definition) is 2. The van der Waals surface area contributed by atoms with Crippen molar-refractivity contribution in [3.05, 3.63) is 24.0 Å². The van der Waals surface area contributed by atoms with Crippen LogP contribution >= 0.6 is 0 Å². The molecule has 1 aromatic carbocycles. The number of nitrogen functional groups attached to an aromatic ring is 1. The molecule has 1 aliphatic rings. The highest BCUT2D eigenvalue weighted by atomic mass is 19.1. The molecule has 0 bridgehead atoms. The van der Waals surface area contributed by atoms with E-state index in [2.05, 4.69) is 5.32 Å². The van der Waals surface area contributed by atoms with Gasteiger partial charge in [-0.05, 0) is 31.0 Å². The van der Waals surface area contributed by atoms with Gasteiger partial charge in [-0.25, -0.2) is 4.39 Å². The quantitative estimate of drug-likeness (QED) is 0.803. The first-order chi connectivity index (χ1) is 8.66. The van der Waals surface area contributed by atoms with E-state index in [0.717, 1.165) is 25.9 Å². The Bertz CT molecular complexity index is 430. The number of carbonyl (C=O) groups excluding carboxylic acids is 1. The number of halogens is 1. The number of benzene rings is 1. The van der Waals surface area contributed by atoms with Crippen molar-refractivity contribution in [2.75, 3.05) is 30.7 Å². The van der Waals surface area contributed by atoms with Gasteiger partial charge in [0.25, 0.3) is 0 Å². The topological polar surface area (TPSA) is 58.4 Å². The molecule has 1 amide bonds. The van der Waals surface area contributed by atoms with E-state index in [1.54, 1.807) is 0 Å². The largest absolute Gasteiger partial charge is 0.397 e. The molecule has 1 heterocycles. The van der Waals surface area contributed by atoms with Crippen molar-refractivity contribution in [2.24, 2.45) is 0 Å². The van der Waals surface area contributed by atoms with Gasteiger partial charge in [0.1, 0.15) is 5.82 Å². The van der Waals surface area contributed by atoms with E-state index in [9.17, 15) is 9.18 Å². The molecule has 98 valence electrons. The van der Waals surface area contributed by atoms with E-state index < -0.39 is 0 Å². The Labute approximate surface area is 106 Å². The van der Waals surface area contributed by atoms with Crippen LogP contribution in [0.2, 0.25) is 0 Å². The van der Waals surface area contributed by atoms with Crippen molar-refractivity contribution in [2.45, 2.75) is 19.3 Å². The Morgan fingerprint density at radius 1 is 1.39 bits per heavy atom. The minimum absolute atomic E-state index is 0.148. The average molecular weight is 251 g/mol. The maximum absolute atomic E-state index is 13.0. The van der Waals surface area contributed by atoms with Gasteiger partial charge >= 0.3 is 0 Å². The molecule has 2 rings (SSSR count). The molecule has 0 aromatic heterocycles. The van der Waals surface area contributed by atoms with Crippen LogP contribution in [0.3, 0.4) is 0 Å². The normalized spacial score (nSPS) is 14.8. The minimum Gasteiger partial charge on any atom is -0.397 e. The fraction of sp³-hybridized carbons (Fsp3) is 0.462. The fourth-order valence-corrected chi connectivity index (χ4v) is 2.11. The van der Waals surface area contributed by atoms with Crippen LogP contribution in [0.15, 0.2) is 18.2 Å². The number of hydrogen-bond acceptors (Lipinski definition) is 3. The maximum atomic E-state index is 13.0. The van der Waals surface area contributed by atoms with Gasteiger partial charge in [0.05, 0.1) is 11.4 Å². The Morgan fingerprint density at radius 3 is 2.83 bits per heavy atom. The summed E-state index contributed by atoms with van der Waals surface area (Å²) in [7, 11) is 0. The van der Waals surface area contributed by atoms with Gasteiger partial charge in [0.2, 0.25) is 5.91 Å². The van der Waals surface area contributed by atoms with Crippen LogP contribution in [0, 0.1) is 5.82 Å². The molecular formula is C13H18FN3O. The lowest BCUT2D eigenvalue weighted by molar-refractivity contribution is -0.129. The van der Waals surface area contributed by atoms with Crippen LogP contribution in [0.1, 0.15) is 19.3 Å². The first-order valence-corrected chi connectivity index (χ1v) is 6.23. The summed E-state index contributed by atoms with van der Waals surface area (Å²) >= 11 is 0. The van der Waals surface area contributed by atoms with E-state index in [-0.39, 0.29) is 11.7 Å². The molecule has 1 saturated heterocycles. The highest BCUT2D eigenvalue weighted by Gasteiger charge is 2.17. The highest BCUT2D eigenvalue weighted by Crippen LogP contribution is 2.19. The van der Waals surface area contributed by atoms with Crippen molar-refractivity contribution in [3.63, 3.8) is 0 Å². The molecule has 0 spiro atoms. The minimum atomic E-state index is -0.336. The molecule has 3 N–H and O–H groups in total. The van der Waals surface area contributed by atoms with E-state index in [1.807, 2.05) is 4.90 Å². The third-order valence-electron chi connectivity index (χ3n) is 3.13. The second-order valence-corrected chi connectivity index (χ2v) is 4.50. The molecule has 18 heavy (non-hydrogen) atoms. The molecule has 1 aromatic rings. The summed E-state index contributed by atoms with van der Waals surface area (Å²) in [6.45, 7) is 2.20. The third-order valence-corrected chi connectivity index (χ3v) is 3.13. The number of nitrogens with one attached hydrogen (secondary N) is 1. The van der Waals surface area contributed by atoms with Crippen LogP contribution in [0.5, 0.6) is 0 Å². The lowest BCUT2D eigenvalue weighted by Gasteiger charge is -2.15. The summed E-state index contributed by atoms with van der Waals surface area (Å²) in [6, 6.07) is 4.17. The van der Waals surface area contributed by atoms with E-state index >= 15 is 0 Å². The smallest absolute Gasteiger partial charge is 0.224 e. The van der Waals surface area contributed by atoms with E-state index in [0.29, 0.717) is 24.3 Å². The predicted molar refractivity (Wildman–Crippen MR) is 69.7 cm³/mol. The zero-order valence-corrected chi connectivity index (χ0v) is 10.3. The number of anilines is 2. The van der Waals surface area contributed by atoms with Crippen molar-refractivity contribution < 1.29 is 9.18 Å². The van der Waals surface area contributed by atoms with E-state index in [4.69, 9.17) is 5.73 Å². The first-order valence-electron chi connectivity index (χ1n) is 6.23. The van der Waals surface area contributed by atoms with Crippen molar-refractivity contribution in [1.29, 1.82) is 0 Å². The molecular weight excluding hydrogens is 233 g/mol. The van der Waals surface area contributed by atoms with Gasteiger partial charge < -0.3 is 16.0 Å². The first kappa shape index (κ1) is 12.7. The summed E-state index contributed by atoms with van der Waals surface area (Å²) in [4.78, 5) is 13.6. The Kier molecular flexibility index (Phi) is 4.02. The SMILES string of the molecule is Nc1ccc(F)cc1NCCC(=O)N1CCCC1. The summed E-state index contributed by atoms with van der Waals surface area (Å²) in [6.07, 6.45) is 2.60. The van der Waals surface area contributed by atoms with Crippen LogP contribution in [-0.4, -0.2) is 30.4 Å². The van der Waals surface area contributed by atoms with Crippen LogP contribution in [-0.2, 0) is 4.79 Å². The molecule has 0 atom stereocenters. The number of nitrogens with two attached hydrogens (primary N) is 1. The molecule has 0 unspecified atom stereocenters. The van der Waals surface area contributed by atoms with Crippen molar-refractivity contribution >= 4 is 17.3 Å². The summed E-state index contributed by atoms with van der Waals surface area (Å²) in [5.41, 5.74) is 6.74. The number of nitrogens with zero attached hydrogens (tertiary/aromatic N) is 1. The zero-order valence-electron chi connectivity index (χ0n) is 10.3. The Morgan fingerprint density at radius 2 is 2.11 bits per heavy atom. The lowest BCUT2D eigenvalue weighted by Crippen LogP contribution is -2.29. The highest BCUT2D eigenvalue weighted by molar-refractivity contribution is 5.77. The predicted octanol–water partition coefficient (Wildman–Crippen LogP) is 1.83. The molecule has 0 saturated carbocycles. The van der Waals surface area contributed by atoms with Crippen molar-refractivity contribution in [1.82, 2.24) is 4.90 Å². The molecule has 0 radical (unpaired) electrons. The third kappa shape index (κ3) is 3.12. The fourth-order valence-electron chi connectivity index (χ4n) is 2.11. The van der Waals surface area contributed by atoms with Gasteiger partial charge in [-0.3, -0.25) is 4.79 Å². The molecule has 4 nitrogen and oxygen atoms in total. The summed E-state index contributed by atoms with van der Waals surface area (Å²) in [5, 5.41) is 3.00. The number of carbonyl (C=O) groups is 1. The van der Waals surface area contributed by atoms with Gasteiger partial charge in [-0.15, -0.1) is 0 Å². The Balaban J connectivity index is 1.81. The molecule has 1 fully saturated rings. The van der Waals surface area contributed by atoms with E-state index in [1.165, 1.54) is 18.2 Å². The number of amides is 1. The molecule has 5 heteroatoms. The zero-order chi connectivity index (χ0) is 13.0. The van der Waals surface area contributed by atoms with Gasteiger partial charge in [-0.1, -0.05) is 0 Å². The standard InChI is InChI=1S/C13H18FN3O/c14-10-3-4-11(15)12(9-10)16-6-5-13(18)17-7-1-2-8-17/h3-4,9,16H,1-2,5-8,15H2. The van der Waals surface area contributed by atoms with Crippen LogP contribution < -0.4 is 11.1 Å². The number of rotatable bonds is 4. The Hall–Kier alpha value is -1.78. The number of likely N-dealkylation sites (tertiary alicyclic amines) is 1. The molecule has 0 aliphatic carbocycles. The average Bonchev–Trinajstić information content (AvgIpc) is 2.87.